The second kappa shape index (κ2) is 6.27. The van der Waals surface area contributed by atoms with Gasteiger partial charge in [0.15, 0.2) is 23.1 Å². The van der Waals surface area contributed by atoms with Crippen molar-refractivity contribution in [3.63, 3.8) is 0 Å². The highest BCUT2D eigenvalue weighted by Crippen LogP contribution is 2.37. The molecule has 0 aromatic heterocycles. The second-order valence-electron chi connectivity index (χ2n) is 5.24. The van der Waals surface area contributed by atoms with Crippen LogP contribution >= 0.6 is 0 Å². The predicted octanol–water partition coefficient (Wildman–Crippen LogP) is 3.88. The van der Waals surface area contributed by atoms with Crippen molar-refractivity contribution in [2.45, 2.75) is 12.5 Å². The van der Waals surface area contributed by atoms with Gasteiger partial charge in [0.25, 0.3) is 0 Å². The fourth-order valence-electron chi connectivity index (χ4n) is 2.19. The van der Waals surface area contributed by atoms with Crippen LogP contribution in [0.4, 0.5) is 22.0 Å². The molecule has 0 bridgehead atoms. The van der Waals surface area contributed by atoms with Crippen LogP contribution in [0.3, 0.4) is 0 Å². The maximum absolute atomic E-state index is 13.3. The van der Waals surface area contributed by atoms with Gasteiger partial charge in [0.2, 0.25) is 0 Å². The van der Waals surface area contributed by atoms with Crippen LogP contribution < -0.4 is 14.8 Å². The molecule has 0 radical (unpaired) electrons. The molecule has 3 rings (SSSR count). The summed E-state index contributed by atoms with van der Waals surface area (Å²) in [7, 11) is 0. The van der Waals surface area contributed by atoms with Crippen LogP contribution in [0.15, 0.2) is 36.4 Å². The van der Waals surface area contributed by atoms with E-state index in [2.05, 4.69) is 10.1 Å². The van der Waals surface area contributed by atoms with Crippen LogP contribution in [0.1, 0.15) is 0 Å². The maximum atomic E-state index is 13.3. The van der Waals surface area contributed by atoms with E-state index in [9.17, 15) is 22.0 Å². The van der Waals surface area contributed by atoms with Gasteiger partial charge >= 0.3 is 6.36 Å². The number of nitrogens with one attached hydrogen (secondary N) is 1. The highest BCUT2D eigenvalue weighted by molar-refractivity contribution is 5.67. The Morgan fingerprint density at radius 3 is 2.12 bits per heavy atom. The first-order chi connectivity index (χ1) is 11.3. The normalized spacial score (nSPS) is 15.0. The van der Waals surface area contributed by atoms with E-state index >= 15 is 0 Å². The van der Waals surface area contributed by atoms with Crippen molar-refractivity contribution in [1.82, 2.24) is 5.32 Å². The first-order valence-electron chi connectivity index (χ1n) is 7.04. The lowest BCUT2D eigenvalue weighted by molar-refractivity contribution is -0.275. The molecule has 2 aromatic rings. The summed E-state index contributed by atoms with van der Waals surface area (Å²) in [5, 5.41) is 2.93. The van der Waals surface area contributed by atoms with Gasteiger partial charge in [0, 0.05) is 13.1 Å². The summed E-state index contributed by atoms with van der Waals surface area (Å²) in [6.07, 6.45) is -5.14. The molecule has 3 nitrogen and oxygen atoms in total. The second-order valence-corrected chi connectivity index (χ2v) is 5.24. The summed E-state index contributed by atoms with van der Waals surface area (Å²) < 4.78 is 73.6. The Hall–Kier alpha value is -2.35. The molecule has 128 valence electrons. The zero-order valence-corrected chi connectivity index (χ0v) is 12.2. The Kier molecular flexibility index (Phi) is 4.31. The van der Waals surface area contributed by atoms with Crippen molar-refractivity contribution in [2.75, 3.05) is 13.1 Å². The van der Waals surface area contributed by atoms with E-state index < -0.39 is 23.7 Å². The van der Waals surface area contributed by atoms with Gasteiger partial charge in [-0.1, -0.05) is 12.1 Å². The molecule has 1 saturated heterocycles. The molecular weight excluding hydrogens is 333 g/mol. The Labute approximate surface area is 134 Å². The third kappa shape index (κ3) is 3.76. The van der Waals surface area contributed by atoms with E-state index in [1.165, 1.54) is 18.2 Å². The molecular formula is C16H12F5NO2. The van der Waals surface area contributed by atoms with Gasteiger partial charge in [-0.15, -0.1) is 13.2 Å². The monoisotopic (exact) mass is 345 g/mol. The average molecular weight is 345 g/mol. The van der Waals surface area contributed by atoms with Crippen LogP contribution in [0.2, 0.25) is 0 Å². The fourth-order valence-corrected chi connectivity index (χ4v) is 2.19. The third-order valence-corrected chi connectivity index (χ3v) is 3.46. The summed E-state index contributed by atoms with van der Waals surface area (Å²) in [5.74, 6) is -2.73. The van der Waals surface area contributed by atoms with Gasteiger partial charge in [-0.3, -0.25) is 0 Å². The predicted molar refractivity (Wildman–Crippen MR) is 75.8 cm³/mol. The largest absolute Gasteiger partial charge is 0.573 e. The first-order valence-corrected chi connectivity index (χ1v) is 7.04. The molecule has 1 N–H and O–H groups in total. The van der Waals surface area contributed by atoms with Gasteiger partial charge in [0.05, 0.1) is 0 Å². The topological polar surface area (TPSA) is 30.5 Å². The van der Waals surface area contributed by atoms with Crippen LogP contribution in [0.5, 0.6) is 11.5 Å². The zero-order chi connectivity index (χ0) is 17.3. The highest BCUT2D eigenvalue weighted by atomic mass is 19.4. The third-order valence-electron chi connectivity index (χ3n) is 3.46. The molecule has 0 saturated carbocycles. The lowest BCUT2D eigenvalue weighted by Crippen LogP contribution is -2.50. The van der Waals surface area contributed by atoms with Gasteiger partial charge in [-0.2, -0.15) is 0 Å². The van der Waals surface area contributed by atoms with E-state index in [4.69, 9.17) is 4.74 Å². The van der Waals surface area contributed by atoms with Crippen molar-refractivity contribution in [1.29, 1.82) is 0 Å². The van der Waals surface area contributed by atoms with Gasteiger partial charge in [-0.25, -0.2) is 8.78 Å². The summed E-state index contributed by atoms with van der Waals surface area (Å²) in [4.78, 5) is 0. The van der Waals surface area contributed by atoms with Crippen LogP contribution in [0, 0.1) is 11.6 Å². The molecule has 24 heavy (non-hydrogen) atoms. The van der Waals surface area contributed by atoms with Crippen molar-refractivity contribution in [3.8, 4) is 22.6 Å². The number of alkyl halides is 3. The van der Waals surface area contributed by atoms with E-state index in [1.54, 1.807) is 0 Å². The minimum Gasteiger partial charge on any atom is -0.484 e. The molecule has 2 aromatic carbocycles. The average Bonchev–Trinajstić information content (AvgIpc) is 2.45. The molecule has 1 heterocycles. The molecule has 1 aliphatic rings. The van der Waals surface area contributed by atoms with E-state index in [0.717, 1.165) is 18.2 Å². The Bertz CT molecular complexity index is 744. The summed E-state index contributed by atoms with van der Waals surface area (Å²) in [6, 6.07) is 6.92. The SMILES string of the molecule is Fc1ccc(-c2ccc(OC3CNC3)c(OC(F)(F)F)c2)cc1F. The van der Waals surface area contributed by atoms with Gasteiger partial charge in [-0.05, 0) is 35.4 Å². The van der Waals surface area contributed by atoms with Crippen molar-refractivity contribution in [3.05, 3.63) is 48.0 Å². The summed E-state index contributed by atoms with van der Waals surface area (Å²) >= 11 is 0. The van der Waals surface area contributed by atoms with Gasteiger partial charge in [0.1, 0.15) is 6.10 Å². The standard InChI is InChI=1S/C16H12F5NO2/c17-12-3-1-9(5-13(12)18)10-2-4-14(23-11-7-22-8-11)15(6-10)24-16(19,20)21/h1-6,11,22H,7-8H2. The molecule has 0 unspecified atom stereocenters. The van der Waals surface area contributed by atoms with E-state index in [-0.39, 0.29) is 23.0 Å². The lowest BCUT2D eigenvalue weighted by Gasteiger charge is -2.28. The molecule has 0 amide bonds. The number of hydrogen-bond acceptors (Lipinski definition) is 3. The number of hydrogen-bond donors (Lipinski definition) is 1. The number of rotatable bonds is 4. The number of ether oxygens (including phenoxy) is 2. The molecule has 0 spiro atoms. The molecule has 1 fully saturated rings. The Morgan fingerprint density at radius 2 is 1.54 bits per heavy atom. The van der Waals surface area contributed by atoms with E-state index in [1.807, 2.05) is 0 Å². The van der Waals surface area contributed by atoms with E-state index in [0.29, 0.717) is 13.1 Å². The maximum Gasteiger partial charge on any atom is 0.573 e. The number of benzene rings is 2. The molecule has 1 aliphatic heterocycles. The Morgan fingerprint density at radius 1 is 0.875 bits per heavy atom. The van der Waals surface area contributed by atoms with Crippen molar-refractivity contribution < 1.29 is 31.4 Å². The van der Waals surface area contributed by atoms with Crippen LogP contribution in [-0.4, -0.2) is 25.6 Å². The molecule has 8 heteroatoms. The molecule has 0 atom stereocenters. The molecule has 0 aliphatic carbocycles. The van der Waals surface area contributed by atoms with Crippen LogP contribution in [0.25, 0.3) is 11.1 Å². The first kappa shape index (κ1) is 16.5. The zero-order valence-electron chi connectivity index (χ0n) is 12.2. The smallest absolute Gasteiger partial charge is 0.484 e. The highest BCUT2D eigenvalue weighted by Gasteiger charge is 2.33. The van der Waals surface area contributed by atoms with Gasteiger partial charge < -0.3 is 14.8 Å². The summed E-state index contributed by atoms with van der Waals surface area (Å²) in [6.45, 7) is 1.05. The Balaban J connectivity index is 1.95. The van der Waals surface area contributed by atoms with Crippen molar-refractivity contribution >= 4 is 0 Å². The fraction of sp³-hybridized carbons (Fsp3) is 0.250. The minimum absolute atomic E-state index is 0.0647. The van der Waals surface area contributed by atoms with Crippen LogP contribution in [-0.2, 0) is 0 Å². The number of halogens is 5. The van der Waals surface area contributed by atoms with Crippen molar-refractivity contribution in [2.24, 2.45) is 0 Å². The quantitative estimate of drug-likeness (QED) is 0.853. The lowest BCUT2D eigenvalue weighted by atomic mass is 10.0. The minimum atomic E-state index is -4.90. The summed E-state index contributed by atoms with van der Waals surface area (Å²) in [5.41, 5.74) is 0.463.